The molecule has 0 fully saturated rings. The summed E-state index contributed by atoms with van der Waals surface area (Å²) in [7, 11) is 0. The molecule has 0 radical (unpaired) electrons. The van der Waals surface area contributed by atoms with Crippen molar-refractivity contribution in [1.82, 2.24) is 0 Å². The van der Waals surface area contributed by atoms with Gasteiger partial charge in [-0.15, -0.1) is 0 Å². The highest BCUT2D eigenvalue weighted by atomic mass is 35.5. The average molecular weight is 278 g/mol. The predicted octanol–water partition coefficient (Wildman–Crippen LogP) is 1.57. The monoisotopic (exact) mass is 277 g/mol. The summed E-state index contributed by atoms with van der Waals surface area (Å²) in [5, 5.41) is 0. The van der Waals surface area contributed by atoms with Crippen LogP contribution < -0.4 is 18.1 Å². The van der Waals surface area contributed by atoms with Crippen LogP contribution in [0.15, 0.2) is 0 Å². The third-order valence-corrected chi connectivity index (χ3v) is 4.72. The lowest BCUT2D eigenvalue weighted by Crippen LogP contribution is -3.00. The van der Waals surface area contributed by atoms with E-state index in [9.17, 15) is 0 Å². The number of hydrogen-bond donors (Lipinski definition) is 1. The van der Waals surface area contributed by atoms with E-state index in [2.05, 4.69) is 34.6 Å². The highest BCUT2D eigenvalue weighted by Gasteiger charge is 2.48. The molecule has 0 saturated heterocycles. The zero-order valence-electron chi connectivity index (χ0n) is 13.4. The Morgan fingerprint density at radius 2 is 1.00 bits per heavy atom. The second kappa shape index (κ2) is 10.1. The van der Waals surface area contributed by atoms with Gasteiger partial charge in [0.05, 0.1) is 0 Å². The lowest BCUT2D eigenvalue weighted by atomic mass is 9.60. The third-order valence-electron chi connectivity index (χ3n) is 4.72. The van der Waals surface area contributed by atoms with Gasteiger partial charge in [0, 0.05) is 18.3 Å². The fraction of sp³-hybridized carbons (Fsp3) is 1.00. The molecule has 0 heterocycles. The maximum atomic E-state index is 4.73. The van der Waals surface area contributed by atoms with Gasteiger partial charge in [-0.1, -0.05) is 60.3 Å². The topological polar surface area (TPSA) is 27.6 Å². The van der Waals surface area contributed by atoms with Crippen LogP contribution >= 0.6 is 0 Å². The van der Waals surface area contributed by atoms with Gasteiger partial charge < -0.3 is 18.1 Å². The largest absolute Gasteiger partial charge is 1.00 e. The first-order valence-corrected chi connectivity index (χ1v) is 7.91. The highest BCUT2D eigenvalue weighted by molar-refractivity contribution is 4.96. The van der Waals surface area contributed by atoms with E-state index < -0.39 is 0 Å². The SMILES string of the molecule is CCCC([NH3+])(CCC)C(CC)(CCC)CCC.[Cl-]. The highest BCUT2D eigenvalue weighted by Crippen LogP contribution is 2.45. The smallest absolute Gasteiger partial charge is 0.100 e. The Morgan fingerprint density at radius 3 is 1.22 bits per heavy atom. The van der Waals surface area contributed by atoms with Crippen molar-refractivity contribution in [2.45, 2.75) is 97.9 Å². The van der Waals surface area contributed by atoms with Gasteiger partial charge in [-0.25, -0.2) is 0 Å². The molecule has 0 rings (SSSR count). The second-order valence-corrected chi connectivity index (χ2v) is 5.91. The minimum atomic E-state index is 0. The van der Waals surface area contributed by atoms with E-state index in [0.29, 0.717) is 11.0 Å². The van der Waals surface area contributed by atoms with Crippen LogP contribution in [0.4, 0.5) is 0 Å². The van der Waals surface area contributed by atoms with Crippen LogP contribution in [0.25, 0.3) is 0 Å². The normalized spacial score (nSPS) is 12.3. The Labute approximate surface area is 122 Å². The summed E-state index contributed by atoms with van der Waals surface area (Å²) in [6, 6.07) is 0. The number of quaternary nitrogens is 1. The van der Waals surface area contributed by atoms with Crippen LogP contribution in [0.5, 0.6) is 0 Å². The van der Waals surface area contributed by atoms with E-state index in [1.807, 2.05) is 0 Å². The van der Waals surface area contributed by atoms with Gasteiger partial charge in [0.25, 0.3) is 0 Å². The summed E-state index contributed by atoms with van der Waals surface area (Å²) in [5.74, 6) is 0. The summed E-state index contributed by atoms with van der Waals surface area (Å²) in [6.07, 6.45) is 11.8. The van der Waals surface area contributed by atoms with Gasteiger partial charge in [0.15, 0.2) is 0 Å². The van der Waals surface area contributed by atoms with Gasteiger partial charge >= 0.3 is 0 Å². The molecule has 0 bridgehead atoms. The lowest BCUT2D eigenvalue weighted by Gasteiger charge is -2.46. The van der Waals surface area contributed by atoms with Gasteiger partial charge in [-0.05, 0) is 19.3 Å². The lowest BCUT2D eigenvalue weighted by molar-refractivity contribution is -0.514. The zero-order valence-corrected chi connectivity index (χ0v) is 14.2. The molecule has 0 aliphatic heterocycles. The summed E-state index contributed by atoms with van der Waals surface area (Å²) in [4.78, 5) is 0. The minimum Gasteiger partial charge on any atom is -1.00 e. The molecule has 1 nitrogen and oxygen atoms in total. The van der Waals surface area contributed by atoms with E-state index in [1.54, 1.807) is 0 Å². The standard InChI is InChI=1S/C16H35N.ClH/c1-6-11-15(10-5,12-7-2)16(17,13-8-3)14-9-4;/h6-14,17H2,1-5H3;1H. The molecule has 0 spiro atoms. The molecule has 0 aliphatic rings. The molecule has 112 valence electrons. The molecule has 0 atom stereocenters. The molecular weight excluding hydrogens is 242 g/mol. The van der Waals surface area contributed by atoms with Crippen LogP contribution in [0.2, 0.25) is 0 Å². The minimum absolute atomic E-state index is 0. The first-order chi connectivity index (χ1) is 8.05. The van der Waals surface area contributed by atoms with E-state index in [4.69, 9.17) is 5.73 Å². The molecule has 0 aromatic rings. The maximum Gasteiger partial charge on any atom is 0.100 e. The van der Waals surface area contributed by atoms with Crippen LogP contribution in [-0.4, -0.2) is 5.54 Å². The first kappa shape index (κ1) is 20.6. The van der Waals surface area contributed by atoms with Crippen molar-refractivity contribution in [3.63, 3.8) is 0 Å². The Balaban J connectivity index is 0. The van der Waals surface area contributed by atoms with Gasteiger partial charge in [0.1, 0.15) is 5.54 Å². The van der Waals surface area contributed by atoms with Gasteiger partial charge in [-0.3, -0.25) is 0 Å². The molecular formula is C16H36ClN. The fourth-order valence-corrected chi connectivity index (χ4v) is 3.95. The summed E-state index contributed by atoms with van der Waals surface area (Å²) >= 11 is 0. The Morgan fingerprint density at radius 1 is 0.667 bits per heavy atom. The molecule has 0 aromatic carbocycles. The van der Waals surface area contributed by atoms with Crippen molar-refractivity contribution < 1.29 is 18.1 Å². The van der Waals surface area contributed by atoms with Crippen molar-refractivity contribution in [1.29, 1.82) is 0 Å². The summed E-state index contributed by atoms with van der Waals surface area (Å²) < 4.78 is 0. The molecule has 18 heavy (non-hydrogen) atoms. The van der Waals surface area contributed by atoms with Crippen LogP contribution in [-0.2, 0) is 0 Å². The van der Waals surface area contributed by atoms with E-state index in [-0.39, 0.29) is 12.4 Å². The fourth-order valence-electron chi connectivity index (χ4n) is 3.95. The van der Waals surface area contributed by atoms with Crippen LogP contribution in [0, 0.1) is 5.41 Å². The van der Waals surface area contributed by atoms with Crippen molar-refractivity contribution in [3.8, 4) is 0 Å². The van der Waals surface area contributed by atoms with Crippen molar-refractivity contribution in [2.24, 2.45) is 5.41 Å². The summed E-state index contributed by atoms with van der Waals surface area (Å²) in [6.45, 7) is 11.7. The number of halogens is 1. The quantitative estimate of drug-likeness (QED) is 0.628. The van der Waals surface area contributed by atoms with Crippen molar-refractivity contribution in [2.75, 3.05) is 0 Å². The molecule has 0 aliphatic carbocycles. The Bertz CT molecular complexity index is 180. The van der Waals surface area contributed by atoms with E-state index in [0.717, 1.165) is 0 Å². The molecule has 0 amide bonds. The molecule has 2 heteroatoms. The Hall–Kier alpha value is 0.250. The third kappa shape index (κ3) is 4.74. The maximum absolute atomic E-state index is 4.73. The van der Waals surface area contributed by atoms with Crippen molar-refractivity contribution >= 4 is 0 Å². The molecule has 0 unspecified atom stereocenters. The molecule has 0 saturated carbocycles. The average Bonchev–Trinajstić information content (AvgIpc) is 2.29. The van der Waals surface area contributed by atoms with E-state index in [1.165, 1.54) is 57.8 Å². The number of rotatable bonds is 10. The first-order valence-electron chi connectivity index (χ1n) is 7.91. The van der Waals surface area contributed by atoms with Gasteiger partial charge in [-0.2, -0.15) is 0 Å². The Kier molecular flexibility index (Phi) is 11.5. The van der Waals surface area contributed by atoms with Gasteiger partial charge in [0.2, 0.25) is 0 Å². The molecule has 0 aromatic heterocycles. The number of hydrogen-bond acceptors (Lipinski definition) is 0. The van der Waals surface area contributed by atoms with Crippen molar-refractivity contribution in [3.05, 3.63) is 0 Å². The van der Waals surface area contributed by atoms with Crippen LogP contribution in [0.3, 0.4) is 0 Å². The predicted molar refractivity (Wildman–Crippen MR) is 78.0 cm³/mol. The summed E-state index contributed by atoms with van der Waals surface area (Å²) in [5.41, 5.74) is 5.53. The zero-order chi connectivity index (χ0) is 13.4. The second-order valence-electron chi connectivity index (χ2n) is 5.91. The van der Waals surface area contributed by atoms with E-state index >= 15 is 0 Å². The molecule has 3 N–H and O–H groups in total. The van der Waals surface area contributed by atoms with Crippen LogP contribution in [0.1, 0.15) is 92.4 Å².